The fraction of sp³-hybridized carbons (Fsp3) is 0.440. The largest absolute Gasteiger partial charge is 0.512 e. The van der Waals surface area contributed by atoms with Gasteiger partial charge in [0.1, 0.15) is 5.76 Å². The summed E-state index contributed by atoms with van der Waals surface area (Å²) in [7, 11) is 0. The summed E-state index contributed by atoms with van der Waals surface area (Å²) in [4.78, 5) is 0. The second-order valence-electron chi connectivity index (χ2n) is 6.89. The zero-order valence-corrected chi connectivity index (χ0v) is 17.3. The summed E-state index contributed by atoms with van der Waals surface area (Å²) in [5, 5.41) is 10.7. The molecule has 1 aliphatic carbocycles. The molecule has 26 heavy (non-hydrogen) atoms. The van der Waals surface area contributed by atoms with Crippen molar-refractivity contribution in [1.29, 1.82) is 0 Å². The van der Waals surface area contributed by atoms with Crippen LogP contribution in [0, 0.1) is 12.8 Å². The molecule has 0 saturated heterocycles. The predicted molar refractivity (Wildman–Crippen MR) is 115 cm³/mol. The lowest BCUT2D eigenvalue weighted by molar-refractivity contribution is 0.313. The minimum Gasteiger partial charge on any atom is -0.512 e. The highest BCUT2D eigenvalue weighted by Gasteiger charge is 2.33. The van der Waals surface area contributed by atoms with Crippen molar-refractivity contribution in [3.8, 4) is 11.1 Å². The number of hydrogen-bond donors (Lipinski definition) is 1. The molecule has 2 aromatic carbocycles. The Balaban J connectivity index is 0.00000117. The molecule has 0 bridgehead atoms. The van der Waals surface area contributed by atoms with Gasteiger partial charge < -0.3 is 5.11 Å². The number of aliphatic hydroxyl groups is 1. The van der Waals surface area contributed by atoms with E-state index in [1.165, 1.54) is 33.4 Å². The van der Waals surface area contributed by atoms with Gasteiger partial charge in [-0.1, -0.05) is 83.9 Å². The molecule has 1 nitrogen and oxygen atoms in total. The first-order valence-electron chi connectivity index (χ1n) is 10.2. The molecule has 0 radical (unpaired) electrons. The van der Waals surface area contributed by atoms with Crippen LogP contribution in [0.15, 0.2) is 42.2 Å². The average molecular weight is 351 g/mol. The highest BCUT2D eigenvalue weighted by atomic mass is 16.3. The Hall–Kier alpha value is -2.02. The lowest BCUT2D eigenvalue weighted by atomic mass is 9.78. The highest BCUT2D eigenvalue weighted by Crippen LogP contribution is 2.48. The summed E-state index contributed by atoms with van der Waals surface area (Å²) >= 11 is 0. The Kier molecular flexibility index (Phi) is 7.08. The van der Waals surface area contributed by atoms with E-state index in [9.17, 15) is 5.11 Å². The zero-order valence-electron chi connectivity index (χ0n) is 17.3. The SMILES string of the molecule is CC.CCc1ccccc1-c1c(C)ccc2c1C(C(CC)CC)C(O)=C2. The fourth-order valence-electron chi connectivity index (χ4n) is 4.27. The van der Waals surface area contributed by atoms with Gasteiger partial charge in [-0.2, -0.15) is 0 Å². The van der Waals surface area contributed by atoms with Gasteiger partial charge in [0, 0.05) is 5.92 Å². The molecule has 0 fully saturated rings. The van der Waals surface area contributed by atoms with E-state index in [0.29, 0.717) is 11.7 Å². The number of rotatable bonds is 5. The van der Waals surface area contributed by atoms with Gasteiger partial charge in [0.15, 0.2) is 0 Å². The fourth-order valence-corrected chi connectivity index (χ4v) is 4.27. The number of hydrogen-bond acceptors (Lipinski definition) is 1. The molecular weight excluding hydrogens is 316 g/mol. The molecule has 0 aliphatic heterocycles. The Morgan fingerprint density at radius 2 is 1.62 bits per heavy atom. The third-order valence-electron chi connectivity index (χ3n) is 5.61. The maximum Gasteiger partial charge on any atom is 0.101 e. The van der Waals surface area contributed by atoms with Crippen molar-refractivity contribution in [2.75, 3.05) is 0 Å². The van der Waals surface area contributed by atoms with E-state index in [0.717, 1.165) is 19.3 Å². The third-order valence-corrected chi connectivity index (χ3v) is 5.61. The Bertz CT molecular complexity index is 766. The van der Waals surface area contributed by atoms with E-state index in [2.05, 4.69) is 64.1 Å². The topological polar surface area (TPSA) is 20.2 Å². The van der Waals surface area contributed by atoms with Crippen LogP contribution >= 0.6 is 0 Å². The van der Waals surface area contributed by atoms with Crippen LogP contribution in [0.4, 0.5) is 0 Å². The molecular formula is C25H34O. The van der Waals surface area contributed by atoms with Gasteiger partial charge in [0.25, 0.3) is 0 Å². The number of aliphatic hydroxyl groups excluding tert-OH is 1. The van der Waals surface area contributed by atoms with E-state index >= 15 is 0 Å². The van der Waals surface area contributed by atoms with Crippen LogP contribution in [0.2, 0.25) is 0 Å². The number of allylic oxidation sites excluding steroid dienone is 1. The number of aryl methyl sites for hydroxylation is 2. The van der Waals surface area contributed by atoms with E-state index in [-0.39, 0.29) is 5.92 Å². The summed E-state index contributed by atoms with van der Waals surface area (Å²) < 4.78 is 0. The lowest BCUT2D eigenvalue weighted by Crippen LogP contribution is -2.13. The van der Waals surface area contributed by atoms with E-state index in [1.54, 1.807) is 0 Å². The van der Waals surface area contributed by atoms with Gasteiger partial charge in [0.05, 0.1) is 0 Å². The van der Waals surface area contributed by atoms with Crippen molar-refractivity contribution in [1.82, 2.24) is 0 Å². The van der Waals surface area contributed by atoms with Crippen molar-refractivity contribution < 1.29 is 5.11 Å². The van der Waals surface area contributed by atoms with Crippen LogP contribution in [0.25, 0.3) is 17.2 Å². The van der Waals surface area contributed by atoms with Crippen LogP contribution in [0.5, 0.6) is 0 Å². The summed E-state index contributed by atoms with van der Waals surface area (Å²) in [6.07, 6.45) is 5.17. The van der Waals surface area contributed by atoms with Gasteiger partial charge in [-0.3, -0.25) is 0 Å². The third kappa shape index (κ3) is 3.58. The monoisotopic (exact) mass is 350 g/mol. The molecule has 2 aromatic rings. The smallest absolute Gasteiger partial charge is 0.101 e. The maximum absolute atomic E-state index is 10.7. The van der Waals surface area contributed by atoms with Gasteiger partial charge in [-0.05, 0) is 58.7 Å². The molecule has 1 atom stereocenters. The second-order valence-corrected chi connectivity index (χ2v) is 6.89. The molecule has 1 unspecified atom stereocenters. The molecule has 1 heteroatoms. The quantitative estimate of drug-likeness (QED) is 0.586. The second kappa shape index (κ2) is 9.07. The Morgan fingerprint density at radius 1 is 0.962 bits per heavy atom. The average Bonchev–Trinajstić information content (AvgIpc) is 3.01. The van der Waals surface area contributed by atoms with Crippen molar-refractivity contribution >= 4 is 6.08 Å². The van der Waals surface area contributed by atoms with Crippen molar-refractivity contribution in [3.63, 3.8) is 0 Å². The van der Waals surface area contributed by atoms with E-state index < -0.39 is 0 Å². The first-order valence-corrected chi connectivity index (χ1v) is 10.2. The van der Waals surface area contributed by atoms with Crippen LogP contribution in [0.1, 0.15) is 75.6 Å². The number of fused-ring (bicyclic) bond motifs is 1. The summed E-state index contributed by atoms with van der Waals surface area (Å²) in [5.41, 5.74) is 7.87. The summed E-state index contributed by atoms with van der Waals surface area (Å²) in [6, 6.07) is 13.1. The minimum absolute atomic E-state index is 0.134. The van der Waals surface area contributed by atoms with Gasteiger partial charge >= 0.3 is 0 Å². The Labute approximate surface area is 159 Å². The normalized spacial score (nSPS) is 15.3. The zero-order chi connectivity index (χ0) is 19.3. The minimum atomic E-state index is 0.134. The summed E-state index contributed by atoms with van der Waals surface area (Å²) in [6.45, 7) is 12.9. The van der Waals surface area contributed by atoms with Crippen molar-refractivity contribution in [2.45, 2.75) is 66.7 Å². The van der Waals surface area contributed by atoms with Gasteiger partial charge in [-0.15, -0.1) is 0 Å². The first-order chi connectivity index (χ1) is 12.6. The Morgan fingerprint density at radius 3 is 2.23 bits per heavy atom. The van der Waals surface area contributed by atoms with Crippen molar-refractivity contribution in [2.24, 2.45) is 5.92 Å². The van der Waals surface area contributed by atoms with Gasteiger partial charge in [0.2, 0.25) is 0 Å². The molecule has 0 amide bonds. The van der Waals surface area contributed by atoms with Crippen LogP contribution in [-0.2, 0) is 6.42 Å². The number of benzene rings is 2. The standard InChI is InChI=1S/C23H28O.C2H6/c1-5-16(6-2)22-20(24)14-18-13-12-15(4)21(23(18)22)19-11-9-8-10-17(19)7-3;1-2/h8-14,16,22,24H,5-7H2,1-4H3;1-2H3. The molecule has 0 heterocycles. The molecule has 0 saturated carbocycles. The van der Waals surface area contributed by atoms with E-state index in [1.807, 2.05) is 19.9 Å². The predicted octanol–water partition coefficient (Wildman–Crippen LogP) is 7.68. The highest BCUT2D eigenvalue weighted by molar-refractivity contribution is 5.82. The molecule has 0 aromatic heterocycles. The molecule has 140 valence electrons. The van der Waals surface area contributed by atoms with Crippen LogP contribution in [-0.4, -0.2) is 5.11 Å². The molecule has 0 spiro atoms. The van der Waals surface area contributed by atoms with Crippen LogP contribution < -0.4 is 0 Å². The first kappa shape index (κ1) is 20.3. The lowest BCUT2D eigenvalue weighted by Gasteiger charge is -2.26. The molecule has 3 rings (SSSR count). The van der Waals surface area contributed by atoms with E-state index in [4.69, 9.17) is 0 Å². The summed E-state index contributed by atoms with van der Waals surface area (Å²) in [5.74, 6) is 1.16. The van der Waals surface area contributed by atoms with Crippen LogP contribution in [0.3, 0.4) is 0 Å². The van der Waals surface area contributed by atoms with Gasteiger partial charge in [-0.25, -0.2) is 0 Å². The molecule has 1 N–H and O–H groups in total. The maximum atomic E-state index is 10.7. The van der Waals surface area contributed by atoms with Crippen molar-refractivity contribution in [3.05, 3.63) is 64.4 Å². The molecule has 1 aliphatic rings.